The third kappa shape index (κ3) is 2.55. The van der Waals surface area contributed by atoms with Crippen LogP contribution in [0.2, 0.25) is 0 Å². The monoisotopic (exact) mass is 282 g/mol. The molecule has 7 nitrogen and oxygen atoms in total. The number of nitro groups is 1. The molecule has 0 amide bonds. The Morgan fingerprint density at radius 1 is 1.50 bits per heavy atom. The molecule has 0 radical (unpaired) electrons. The molecule has 1 aromatic heterocycles. The maximum absolute atomic E-state index is 10.5. The first-order chi connectivity index (χ1) is 9.16. The molecule has 112 valence electrons. The van der Waals surface area contributed by atoms with E-state index in [1.807, 2.05) is 0 Å². The van der Waals surface area contributed by atoms with Crippen LogP contribution in [0.4, 0.5) is 5.69 Å². The number of nitrogens with zero attached hydrogens (tertiary/aromatic N) is 3. The summed E-state index contributed by atoms with van der Waals surface area (Å²) in [4.78, 5) is 10.0. The number of aromatic nitrogens is 2. The van der Waals surface area contributed by atoms with Gasteiger partial charge >= 0.3 is 5.69 Å². The van der Waals surface area contributed by atoms with Crippen LogP contribution in [-0.2, 0) is 6.54 Å². The molecule has 20 heavy (non-hydrogen) atoms. The number of aliphatic hydroxyl groups excluding tert-OH is 1. The zero-order valence-electron chi connectivity index (χ0n) is 12.3. The van der Waals surface area contributed by atoms with Gasteiger partial charge in [-0.3, -0.25) is 14.8 Å². The molecule has 1 heterocycles. The zero-order valence-corrected chi connectivity index (χ0v) is 12.3. The van der Waals surface area contributed by atoms with E-state index in [9.17, 15) is 15.2 Å². The molecule has 0 aromatic carbocycles. The zero-order chi connectivity index (χ0) is 15.1. The van der Waals surface area contributed by atoms with Crippen molar-refractivity contribution in [3.05, 3.63) is 22.5 Å². The van der Waals surface area contributed by atoms with Crippen molar-refractivity contribution < 1.29 is 10.0 Å². The van der Waals surface area contributed by atoms with Crippen LogP contribution in [0.15, 0.2) is 12.4 Å². The summed E-state index contributed by atoms with van der Waals surface area (Å²) < 4.78 is 1.40. The minimum atomic E-state index is -0.623. The second-order valence-electron chi connectivity index (χ2n) is 6.62. The first-order valence-electron chi connectivity index (χ1n) is 6.74. The fourth-order valence-electron chi connectivity index (χ4n) is 2.79. The number of hydrogen-bond donors (Lipinski definition) is 2. The Hall–Kier alpha value is -1.47. The predicted octanol–water partition coefficient (Wildman–Crippen LogP) is 1.18. The lowest BCUT2D eigenvalue weighted by Crippen LogP contribution is -2.34. The van der Waals surface area contributed by atoms with Gasteiger partial charge in [0.1, 0.15) is 12.4 Å². The Morgan fingerprint density at radius 2 is 2.10 bits per heavy atom. The maximum Gasteiger partial charge on any atom is 0.306 e. The molecule has 0 spiro atoms. The smallest absolute Gasteiger partial charge is 0.306 e. The van der Waals surface area contributed by atoms with Gasteiger partial charge in [0, 0.05) is 12.6 Å². The lowest BCUT2D eigenvalue weighted by Gasteiger charge is -2.12. The number of rotatable bonds is 6. The summed E-state index contributed by atoms with van der Waals surface area (Å²) in [5.41, 5.74) is 0.378. The molecule has 2 N–H and O–H groups in total. The van der Waals surface area contributed by atoms with Crippen LogP contribution >= 0.6 is 0 Å². The molecule has 0 saturated heterocycles. The van der Waals surface area contributed by atoms with Crippen molar-refractivity contribution in [3.63, 3.8) is 0 Å². The molecule has 1 aliphatic carbocycles. The largest absolute Gasteiger partial charge is 0.390 e. The fourth-order valence-corrected chi connectivity index (χ4v) is 2.79. The number of aliphatic hydroxyl groups is 1. The third-order valence-electron chi connectivity index (χ3n) is 4.81. The minimum Gasteiger partial charge on any atom is -0.390 e. The van der Waals surface area contributed by atoms with Gasteiger partial charge in [0.05, 0.1) is 17.6 Å². The van der Waals surface area contributed by atoms with E-state index >= 15 is 0 Å². The van der Waals surface area contributed by atoms with Crippen LogP contribution in [0, 0.1) is 20.9 Å². The molecule has 7 heteroatoms. The molecule has 1 aromatic rings. The highest BCUT2D eigenvalue weighted by molar-refractivity contribution is 5.20. The second-order valence-corrected chi connectivity index (χ2v) is 6.62. The molecule has 0 aliphatic heterocycles. The Morgan fingerprint density at radius 3 is 2.55 bits per heavy atom. The molecule has 0 bridgehead atoms. The highest BCUT2D eigenvalue weighted by Crippen LogP contribution is 2.62. The topological polar surface area (TPSA) is 93.2 Å². The average molecular weight is 282 g/mol. The van der Waals surface area contributed by atoms with Gasteiger partial charge in [0.15, 0.2) is 0 Å². The predicted molar refractivity (Wildman–Crippen MR) is 74.2 cm³/mol. The normalized spacial score (nSPS) is 21.6. The van der Waals surface area contributed by atoms with Gasteiger partial charge in [-0.25, -0.2) is 0 Å². The molecule has 1 aliphatic rings. The molecular formula is C13H22N4O3. The van der Waals surface area contributed by atoms with E-state index in [1.54, 1.807) is 0 Å². The number of hydrogen-bond acceptors (Lipinski definition) is 5. The highest BCUT2D eigenvalue weighted by Gasteiger charge is 2.64. The first kappa shape index (κ1) is 14.9. The number of nitrogens with one attached hydrogen (secondary N) is 1. The van der Waals surface area contributed by atoms with Crippen molar-refractivity contribution in [1.82, 2.24) is 15.1 Å². The van der Waals surface area contributed by atoms with Crippen molar-refractivity contribution in [2.75, 3.05) is 6.54 Å². The Kier molecular flexibility index (Phi) is 3.60. The summed E-state index contributed by atoms with van der Waals surface area (Å²) >= 11 is 0. The molecule has 2 rings (SSSR count). The van der Waals surface area contributed by atoms with E-state index in [0.717, 1.165) is 0 Å². The van der Waals surface area contributed by atoms with E-state index in [4.69, 9.17) is 0 Å². The quantitative estimate of drug-likeness (QED) is 0.603. The Balaban J connectivity index is 1.81. The average Bonchev–Trinajstić information content (AvgIpc) is 2.70. The third-order valence-corrected chi connectivity index (χ3v) is 4.81. The van der Waals surface area contributed by atoms with E-state index < -0.39 is 11.0 Å². The summed E-state index contributed by atoms with van der Waals surface area (Å²) in [5.74, 6) is 0. The van der Waals surface area contributed by atoms with Crippen molar-refractivity contribution in [2.45, 2.75) is 46.4 Å². The summed E-state index contributed by atoms with van der Waals surface area (Å²) in [6.45, 7) is 9.50. The van der Waals surface area contributed by atoms with Crippen LogP contribution in [-0.4, -0.2) is 38.5 Å². The standard InChI is InChI=1S/C13H22N4O3/c1-12(2)11(13(12,3)4)14-6-10(18)8-16-7-9(5-15-16)17(19)20/h5,7,10-11,14,18H,6,8H2,1-4H3. The van der Waals surface area contributed by atoms with Gasteiger partial charge in [-0.2, -0.15) is 5.10 Å². The molecule has 1 saturated carbocycles. The van der Waals surface area contributed by atoms with Gasteiger partial charge in [-0.15, -0.1) is 0 Å². The van der Waals surface area contributed by atoms with E-state index in [1.165, 1.54) is 17.1 Å². The molecule has 1 fully saturated rings. The maximum atomic E-state index is 10.5. The molecular weight excluding hydrogens is 260 g/mol. The fraction of sp³-hybridized carbons (Fsp3) is 0.769. The molecule has 1 unspecified atom stereocenters. The van der Waals surface area contributed by atoms with Crippen LogP contribution in [0.3, 0.4) is 0 Å². The van der Waals surface area contributed by atoms with Gasteiger partial charge < -0.3 is 10.4 Å². The summed E-state index contributed by atoms with van der Waals surface area (Å²) in [5, 5.41) is 27.7. The summed E-state index contributed by atoms with van der Waals surface area (Å²) in [6, 6.07) is 0.372. The van der Waals surface area contributed by atoms with Crippen LogP contribution in [0.5, 0.6) is 0 Å². The lowest BCUT2D eigenvalue weighted by atomic mass is 10.0. The van der Waals surface area contributed by atoms with E-state index in [2.05, 4.69) is 38.1 Å². The summed E-state index contributed by atoms with van der Waals surface area (Å²) in [7, 11) is 0. The van der Waals surface area contributed by atoms with E-state index in [0.29, 0.717) is 12.6 Å². The van der Waals surface area contributed by atoms with Crippen LogP contribution in [0.1, 0.15) is 27.7 Å². The lowest BCUT2D eigenvalue weighted by molar-refractivity contribution is -0.385. The van der Waals surface area contributed by atoms with Gasteiger partial charge in [0.25, 0.3) is 0 Å². The second kappa shape index (κ2) is 4.82. The summed E-state index contributed by atoms with van der Waals surface area (Å²) in [6.07, 6.45) is 1.89. The first-order valence-corrected chi connectivity index (χ1v) is 6.74. The van der Waals surface area contributed by atoms with Crippen LogP contribution < -0.4 is 5.32 Å². The SMILES string of the molecule is CC1(C)C(NCC(O)Cn2cc([N+](=O)[O-])cn2)C1(C)C. The highest BCUT2D eigenvalue weighted by atomic mass is 16.6. The Bertz CT molecular complexity index is 495. The van der Waals surface area contributed by atoms with Crippen molar-refractivity contribution in [1.29, 1.82) is 0 Å². The van der Waals surface area contributed by atoms with E-state index in [-0.39, 0.29) is 23.1 Å². The van der Waals surface area contributed by atoms with Crippen molar-refractivity contribution >= 4 is 5.69 Å². The minimum absolute atomic E-state index is 0.0605. The molecule has 1 atom stereocenters. The van der Waals surface area contributed by atoms with Gasteiger partial charge in [0.2, 0.25) is 0 Å². The van der Waals surface area contributed by atoms with Gasteiger partial charge in [-0.1, -0.05) is 27.7 Å². The van der Waals surface area contributed by atoms with Crippen molar-refractivity contribution in [3.8, 4) is 0 Å². The van der Waals surface area contributed by atoms with Gasteiger partial charge in [-0.05, 0) is 10.8 Å². The Labute approximate surface area is 118 Å². The van der Waals surface area contributed by atoms with Crippen molar-refractivity contribution in [2.24, 2.45) is 10.8 Å². The van der Waals surface area contributed by atoms with Crippen LogP contribution in [0.25, 0.3) is 0 Å².